The molecule has 0 radical (unpaired) electrons. The van der Waals surface area contributed by atoms with E-state index in [1.807, 2.05) is 48.5 Å². The number of esters is 1. The summed E-state index contributed by atoms with van der Waals surface area (Å²) in [6.07, 6.45) is 1.60. The highest BCUT2D eigenvalue weighted by atomic mass is 16.5. The number of fused-ring (bicyclic) bond motifs is 3. The zero-order valence-corrected chi connectivity index (χ0v) is 19.7. The number of methoxy groups -OCH3 is 1. The third-order valence-electron chi connectivity index (χ3n) is 6.41. The Hall–Kier alpha value is -3.87. The van der Waals surface area contributed by atoms with Crippen molar-refractivity contribution in [2.75, 3.05) is 20.3 Å². The number of para-hydroxylation sites is 1. The maximum Gasteiger partial charge on any atom is 0.322 e. The number of nitrogens with zero attached hydrogens (tertiary/aromatic N) is 2. The van der Waals surface area contributed by atoms with Gasteiger partial charge in [0.25, 0.3) is 5.91 Å². The van der Waals surface area contributed by atoms with E-state index >= 15 is 0 Å². The second-order valence-corrected chi connectivity index (χ2v) is 8.43. The van der Waals surface area contributed by atoms with E-state index in [0.29, 0.717) is 11.1 Å². The first kappa shape index (κ1) is 23.3. The Morgan fingerprint density at radius 2 is 1.85 bits per heavy atom. The number of rotatable bonds is 7. The van der Waals surface area contributed by atoms with Gasteiger partial charge in [-0.05, 0) is 37.1 Å². The van der Waals surface area contributed by atoms with Gasteiger partial charge in [-0.3, -0.25) is 14.4 Å². The Bertz CT molecular complexity index is 1270. The van der Waals surface area contributed by atoms with E-state index in [0.717, 1.165) is 11.1 Å². The Morgan fingerprint density at radius 3 is 2.50 bits per heavy atom. The zero-order chi connectivity index (χ0) is 24.5. The molecule has 4 rings (SSSR count). The number of hydrogen-bond donors (Lipinski definition) is 0. The van der Waals surface area contributed by atoms with Gasteiger partial charge in [-0.15, -0.1) is 6.58 Å². The molecule has 1 aromatic heterocycles. The van der Waals surface area contributed by atoms with Crippen molar-refractivity contribution < 1.29 is 23.9 Å². The number of ketones is 1. The second kappa shape index (κ2) is 9.17. The predicted octanol–water partition coefficient (Wildman–Crippen LogP) is 4.15. The van der Waals surface area contributed by atoms with E-state index in [-0.39, 0.29) is 43.3 Å². The summed E-state index contributed by atoms with van der Waals surface area (Å²) in [5.41, 5.74) is 0.539. The van der Waals surface area contributed by atoms with E-state index in [1.165, 1.54) is 0 Å². The number of hydrogen-bond acceptors (Lipinski definition) is 5. The first-order valence-electron chi connectivity index (χ1n) is 11.2. The van der Waals surface area contributed by atoms with E-state index in [9.17, 15) is 14.4 Å². The summed E-state index contributed by atoms with van der Waals surface area (Å²) >= 11 is 0. The maximum absolute atomic E-state index is 14.2. The number of allylic oxidation sites excluding steroid dienone is 1. The summed E-state index contributed by atoms with van der Waals surface area (Å²) in [6.45, 7) is 5.73. The van der Waals surface area contributed by atoms with Crippen LogP contribution in [0.3, 0.4) is 0 Å². The molecule has 2 aromatic carbocycles. The van der Waals surface area contributed by atoms with Crippen LogP contribution in [-0.4, -0.2) is 47.4 Å². The molecule has 3 aromatic rings. The lowest BCUT2D eigenvalue weighted by Crippen LogP contribution is -2.48. The molecule has 1 atom stereocenters. The molecule has 34 heavy (non-hydrogen) atoms. The molecule has 2 heterocycles. The number of benzene rings is 2. The second-order valence-electron chi connectivity index (χ2n) is 8.43. The van der Waals surface area contributed by atoms with Gasteiger partial charge in [0.2, 0.25) is 0 Å². The first-order chi connectivity index (χ1) is 16.4. The lowest BCUT2D eigenvalue weighted by Gasteiger charge is -2.32. The lowest BCUT2D eigenvalue weighted by atomic mass is 9.77. The smallest absolute Gasteiger partial charge is 0.322 e. The molecule has 7 heteroatoms. The van der Waals surface area contributed by atoms with Crippen LogP contribution in [0.15, 0.2) is 61.2 Å². The Balaban J connectivity index is 1.93. The third kappa shape index (κ3) is 3.67. The number of carbonyl (C=O) groups is 3. The SMILES string of the molecule is C=CCC1(C(=O)OCC)CN(Cc2ccc(OC)cc2)C(=O)c2c(c3ccccc3n2C)C1=O. The van der Waals surface area contributed by atoms with Crippen molar-refractivity contribution in [1.29, 1.82) is 0 Å². The van der Waals surface area contributed by atoms with Gasteiger partial charge in [0.05, 0.1) is 19.3 Å². The molecule has 0 N–H and O–H groups in total. The molecular formula is C27H28N2O5. The average molecular weight is 461 g/mol. The van der Waals surface area contributed by atoms with Crippen molar-refractivity contribution in [3.63, 3.8) is 0 Å². The molecule has 1 aliphatic rings. The molecule has 0 saturated carbocycles. The topological polar surface area (TPSA) is 77.8 Å². The summed E-state index contributed by atoms with van der Waals surface area (Å²) in [5.74, 6) is -0.672. The minimum absolute atomic E-state index is 0.0553. The standard InChI is InChI=1S/C27H28N2O5/c1-5-15-27(26(32)34-6-2)17-29(16-18-11-13-19(33-4)14-12-18)25(31)23-22(24(27)30)20-9-7-8-10-21(20)28(23)3/h5,7-14H,1,6,15-17H2,2-4H3. The molecule has 1 unspecified atom stereocenters. The highest BCUT2D eigenvalue weighted by Gasteiger charge is 2.53. The van der Waals surface area contributed by atoms with E-state index in [2.05, 4.69) is 6.58 Å². The summed E-state index contributed by atoms with van der Waals surface area (Å²) < 4.78 is 12.4. The van der Waals surface area contributed by atoms with Gasteiger partial charge in [0.15, 0.2) is 11.2 Å². The van der Waals surface area contributed by atoms with Gasteiger partial charge in [-0.1, -0.05) is 36.4 Å². The number of ether oxygens (including phenoxy) is 2. The molecule has 0 saturated heterocycles. The molecule has 0 spiro atoms. The minimum Gasteiger partial charge on any atom is -0.497 e. The van der Waals surface area contributed by atoms with Crippen LogP contribution in [0.25, 0.3) is 10.9 Å². The van der Waals surface area contributed by atoms with Crippen molar-refractivity contribution in [2.45, 2.75) is 19.9 Å². The van der Waals surface area contributed by atoms with Crippen LogP contribution in [0.1, 0.15) is 39.8 Å². The fourth-order valence-electron chi connectivity index (χ4n) is 4.72. The van der Waals surface area contributed by atoms with Crippen LogP contribution < -0.4 is 4.74 Å². The van der Waals surface area contributed by atoms with Crippen molar-refractivity contribution >= 4 is 28.6 Å². The van der Waals surface area contributed by atoms with Gasteiger partial charge >= 0.3 is 5.97 Å². The molecule has 176 valence electrons. The Kier molecular flexibility index (Phi) is 6.28. The first-order valence-corrected chi connectivity index (χ1v) is 11.2. The van der Waals surface area contributed by atoms with Crippen LogP contribution >= 0.6 is 0 Å². The quantitative estimate of drug-likeness (QED) is 0.301. The van der Waals surface area contributed by atoms with Crippen molar-refractivity contribution in [2.24, 2.45) is 12.5 Å². The highest BCUT2D eigenvalue weighted by molar-refractivity contribution is 6.24. The maximum atomic E-state index is 14.2. The van der Waals surface area contributed by atoms with Crippen LogP contribution in [0.2, 0.25) is 0 Å². The molecule has 1 aliphatic heterocycles. The number of Topliss-reactive ketones (excluding diaryl/α,β-unsaturated/α-hetero) is 1. The summed E-state index contributed by atoms with van der Waals surface area (Å²) in [7, 11) is 3.35. The van der Waals surface area contributed by atoms with Crippen molar-refractivity contribution in [1.82, 2.24) is 9.47 Å². The monoisotopic (exact) mass is 460 g/mol. The number of amides is 1. The van der Waals surface area contributed by atoms with Crippen LogP contribution in [0, 0.1) is 5.41 Å². The van der Waals surface area contributed by atoms with Crippen molar-refractivity contribution in [3.05, 3.63) is 78.0 Å². The fourth-order valence-corrected chi connectivity index (χ4v) is 4.72. The lowest BCUT2D eigenvalue weighted by molar-refractivity contribution is -0.152. The van der Waals surface area contributed by atoms with Crippen LogP contribution in [0.4, 0.5) is 0 Å². The minimum atomic E-state index is -1.59. The average Bonchev–Trinajstić information content (AvgIpc) is 3.10. The highest BCUT2D eigenvalue weighted by Crippen LogP contribution is 2.40. The zero-order valence-electron chi connectivity index (χ0n) is 19.7. The summed E-state index contributed by atoms with van der Waals surface area (Å²) in [4.78, 5) is 43.0. The molecular weight excluding hydrogens is 432 g/mol. The van der Waals surface area contributed by atoms with Gasteiger partial charge in [-0.2, -0.15) is 0 Å². The van der Waals surface area contributed by atoms with Gasteiger partial charge in [0.1, 0.15) is 11.4 Å². The molecule has 7 nitrogen and oxygen atoms in total. The third-order valence-corrected chi connectivity index (χ3v) is 6.41. The fraction of sp³-hybridized carbons (Fsp3) is 0.296. The largest absolute Gasteiger partial charge is 0.497 e. The van der Waals surface area contributed by atoms with Crippen LogP contribution in [0.5, 0.6) is 5.75 Å². The number of aryl methyl sites for hydroxylation is 1. The summed E-state index contributed by atoms with van der Waals surface area (Å²) in [6, 6.07) is 14.7. The van der Waals surface area contributed by atoms with Gasteiger partial charge < -0.3 is 18.9 Å². The Morgan fingerprint density at radius 1 is 1.15 bits per heavy atom. The van der Waals surface area contributed by atoms with Gasteiger partial charge in [0, 0.05) is 31.0 Å². The van der Waals surface area contributed by atoms with E-state index in [4.69, 9.17) is 9.47 Å². The van der Waals surface area contributed by atoms with E-state index < -0.39 is 17.2 Å². The summed E-state index contributed by atoms with van der Waals surface area (Å²) in [5, 5.41) is 0.641. The van der Waals surface area contributed by atoms with Crippen molar-refractivity contribution in [3.8, 4) is 5.75 Å². The Labute approximate surface area is 198 Å². The number of carbonyl (C=O) groups excluding carboxylic acids is 3. The normalized spacial score (nSPS) is 17.9. The molecule has 0 bridgehead atoms. The van der Waals surface area contributed by atoms with E-state index in [1.54, 1.807) is 36.6 Å². The molecule has 0 fully saturated rings. The van der Waals surface area contributed by atoms with Crippen LogP contribution in [-0.2, 0) is 23.1 Å². The molecule has 1 amide bonds. The predicted molar refractivity (Wildman–Crippen MR) is 129 cm³/mol. The number of aromatic nitrogens is 1. The molecule has 0 aliphatic carbocycles. The van der Waals surface area contributed by atoms with Gasteiger partial charge in [-0.25, -0.2) is 0 Å².